The molecular weight excluding hydrogens is 221 g/mol. The summed E-state index contributed by atoms with van der Waals surface area (Å²) in [6.45, 7) is 0. The van der Waals surface area contributed by atoms with Gasteiger partial charge < -0.3 is 15.5 Å². The van der Waals surface area contributed by atoms with Crippen LogP contribution in [0.2, 0.25) is 0 Å². The van der Waals surface area contributed by atoms with Crippen molar-refractivity contribution in [2.24, 2.45) is 5.73 Å². The Labute approximate surface area is 68.1 Å². The van der Waals surface area contributed by atoms with Crippen LogP contribution in [0.15, 0.2) is 0 Å². The van der Waals surface area contributed by atoms with E-state index < -0.39 is 13.4 Å². The van der Waals surface area contributed by atoms with Gasteiger partial charge >= 0.3 is 7.60 Å². The standard InChI is InChI=1S/C4H11BrNO3P/c5-3-1-2-4(6)10(7,8)9/h4H,1-3,6H2,(H2,7,8,9). The molecule has 0 fully saturated rings. The van der Waals surface area contributed by atoms with Gasteiger partial charge in [0.1, 0.15) is 5.78 Å². The molecule has 0 spiro atoms. The number of rotatable bonds is 4. The Kier molecular flexibility index (Phi) is 4.73. The van der Waals surface area contributed by atoms with Crippen LogP contribution in [0.5, 0.6) is 0 Å². The van der Waals surface area contributed by atoms with Crippen molar-refractivity contribution >= 4 is 23.5 Å². The van der Waals surface area contributed by atoms with E-state index in [0.29, 0.717) is 12.8 Å². The fraction of sp³-hybridized carbons (Fsp3) is 1.00. The predicted octanol–water partition coefficient (Wildman–Crippen LogP) is 0.624. The minimum atomic E-state index is -4.03. The minimum absolute atomic E-state index is 0.357. The minimum Gasteiger partial charge on any atom is -0.323 e. The molecule has 6 heteroatoms. The average molecular weight is 232 g/mol. The van der Waals surface area contributed by atoms with E-state index >= 15 is 0 Å². The van der Waals surface area contributed by atoms with Crippen molar-refractivity contribution in [1.29, 1.82) is 0 Å². The lowest BCUT2D eigenvalue weighted by atomic mass is 10.3. The van der Waals surface area contributed by atoms with Gasteiger partial charge in [-0.2, -0.15) is 0 Å². The van der Waals surface area contributed by atoms with Crippen molar-refractivity contribution in [2.45, 2.75) is 18.6 Å². The number of alkyl halides is 1. The molecule has 0 aliphatic heterocycles. The first-order valence-corrected chi connectivity index (χ1v) is 5.65. The van der Waals surface area contributed by atoms with E-state index in [9.17, 15) is 4.57 Å². The van der Waals surface area contributed by atoms with Gasteiger partial charge in [-0.15, -0.1) is 0 Å². The summed E-state index contributed by atoms with van der Waals surface area (Å²) in [5.41, 5.74) is 5.15. The summed E-state index contributed by atoms with van der Waals surface area (Å²) < 4.78 is 10.4. The molecule has 10 heavy (non-hydrogen) atoms. The Morgan fingerprint density at radius 2 is 2.10 bits per heavy atom. The molecule has 0 heterocycles. The Balaban J connectivity index is 3.63. The van der Waals surface area contributed by atoms with Crippen LogP contribution in [0.3, 0.4) is 0 Å². The molecule has 0 bridgehead atoms. The Morgan fingerprint density at radius 3 is 2.40 bits per heavy atom. The van der Waals surface area contributed by atoms with E-state index in [-0.39, 0.29) is 0 Å². The lowest BCUT2D eigenvalue weighted by Crippen LogP contribution is -2.19. The highest BCUT2D eigenvalue weighted by Crippen LogP contribution is 2.40. The first-order chi connectivity index (χ1) is 4.48. The van der Waals surface area contributed by atoms with Crippen molar-refractivity contribution < 1.29 is 14.4 Å². The molecule has 0 rings (SSSR count). The second kappa shape index (κ2) is 4.46. The van der Waals surface area contributed by atoms with Gasteiger partial charge in [-0.25, -0.2) is 0 Å². The molecule has 0 radical (unpaired) electrons. The fourth-order valence-electron chi connectivity index (χ4n) is 0.454. The van der Waals surface area contributed by atoms with Gasteiger partial charge in [0.05, 0.1) is 0 Å². The van der Waals surface area contributed by atoms with Gasteiger partial charge in [0.25, 0.3) is 0 Å². The van der Waals surface area contributed by atoms with Gasteiger partial charge in [-0.05, 0) is 12.8 Å². The van der Waals surface area contributed by atoms with Crippen LogP contribution in [-0.2, 0) is 4.57 Å². The molecular formula is C4H11BrNO3P. The summed E-state index contributed by atoms with van der Waals surface area (Å²) in [6, 6.07) is 0. The SMILES string of the molecule is NC(CCCBr)P(=O)(O)O. The van der Waals surface area contributed by atoms with Crippen molar-refractivity contribution in [3.05, 3.63) is 0 Å². The summed E-state index contributed by atoms with van der Waals surface area (Å²) >= 11 is 3.14. The first-order valence-electron chi connectivity index (χ1n) is 2.85. The smallest absolute Gasteiger partial charge is 0.323 e. The number of halogens is 1. The molecule has 0 aliphatic rings. The lowest BCUT2D eigenvalue weighted by molar-refractivity contribution is 0.355. The zero-order valence-corrected chi connectivity index (χ0v) is 7.88. The van der Waals surface area contributed by atoms with Crippen molar-refractivity contribution in [3.8, 4) is 0 Å². The number of hydrogen-bond acceptors (Lipinski definition) is 2. The maximum absolute atomic E-state index is 10.4. The van der Waals surface area contributed by atoms with Gasteiger partial charge in [0.15, 0.2) is 0 Å². The quantitative estimate of drug-likeness (QED) is 0.490. The van der Waals surface area contributed by atoms with Crippen LogP contribution >= 0.6 is 23.5 Å². The largest absolute Gasteiger partial charge is 0.342 e. The van der Waals surface area contributed by atoms with E-state index in [2.05, 4.69) is 15.9 Å². The van der Waals surface area contributed by atoms with Gasteiger partial charge in [0, 0.05) is 5.33 Å². The Morgan fingerprint density at radius 1 is 1.60 bits per heavy atom. The molecule has 0 amide bonds. The topological polar surface area (TPSA) is 83.6 Å². The van der Waals surface area contributed by atoms with E-state index in [4.69, 9.17) is 15.5 Å². The van der Waals surface area contributed by atoms with Crippen LogP contribution in [0, 0.1) is 0 Å². The maximum Gasteiger partial charge on any atom is 0.342 e. The van der Waals surface area contributed by atoms with Gasteiger partial charge in [-0.1, -0.05) is 15.9 Å². The fourth-order valence-corrected chi connectivity index (χ4v) is 1.30. The predicted molar refractivity (Wildman–Crippen MR) is 43.0 cm³/mol. The third-order valence-electron chi connectivity index (χ3n) is 1.07. The highest BCUT2D eigenvalue weighted by atomic mass is 79.9. The van der Waals surface area contributed by atoms with Crippen molar-refractivity contribution in [3.63, 3.8) is 0 Å². The molecule has 4 nitrogen and oxygen atoms in total. The van der Waals surface area contributed by atoms with E-state index in [0.717, 1.165) is 5.33 Å². The van der Waals surface area contributed by atoms with Crippen molar-refractivity contribution in [1.82, 2.24) is 0 Å². The van der Waals surface area contributed by atoms with E-state index in [1.165, 1.54) is 0 Å². The monoisotopic (exact) mass is 231 g/mol. The molecule has 1 atom stereocenters. The molecule has 0 aromatic heterocycles. The van der Waals surface area contributed by atoms with Crippen LogP contribution < -0.4 is 5.73 Å². The average Bonchev–Trinajstić information content (AvgIpc) is 1.80. The van der Waals surface area contributed by atoms with Gasteiger partial charge in [-0.3, -0.25) is 4.57 Å². The molecule has 62 valence electrons. The Hall–Kier alpha value is 0.590. The highest BCUT2D eigenvalue weighted by Gasteiger charge is 2.23. The van der Waals surface area contributed by atoms with E-state index in [1.54, 1.807) is 0 Å². The molecule has 1 unspecified atom stereocenters. The number of hydrogen-bond donors (Lipinski definition) is 3. The summed E-state index contributed by atoms with van der Waals surface area (Å²) in [5, 5.41) is 0.723. The van der Waals surface area contributed by atoms with Crippen LogP contribution in [0.25, 0.3) is 0 Å². The zero-order valence-electron chi connectivity index (χ0n) is 5.40. The molecule has 0 aromatic carbocycles. The summed E-state index contributed by atoms with van der Waals surface area (Å²) in [6.07, 6.45) is 1.04. The van der Waals surface area contributed by atoms with Crippen molar-refractivity contribution in [2.75, 3.05) is 5.33 Å². The van der Waals surface area contributed by atoms with E-state index in [1.807, 2.05) is 0 Å². The van der Waals surface area contributed by atoms with Crippen LogP contribution in [0.1, 0.15) is 12.8 Å². The molecule has 0 aromatic rings. The molecule has 0 saturated heterocycles. The summed E-state index contributed by atoms with van der Waals surface area (Å²) in [7, 11) is -4.03. The number of nitrogens with two attached hydrogens (primary N) is 1. The highest BCUT2D eigenvalue weighted by molar-refractivity contribution is 9.09. The summed E-state index contributed by atoms with van der Waals surface area (Å²) in [4.78, 5) is 17.0. The first kappa shape index (κ1) is 10.6. The normalized spacial score (nSPS) is 15.2. The third-order valence-corrected chi connectivity index (χ3v) is 2.75. The van der Waals surface area contributed by atoms with Crippen LogP contribution in [-0.4, -0.2) is 20.9 Å². The summed E-state index contributed by atoms with van der Waals surface area (Å²) in [5.74, 6) is -0.995. The zero-order chi connectivity index (χ0) is 8.20. The lowest BCUT2D eigenvalue weighted by Gasteiger charge is -2.11. The molecule has 4 N–H and O–H groups in total. The van der Waals surface area contributed by atoms with Gasteiger partial charge in [0.2, 0.25) is 0 Å². The van der Waals surface area contributed by atoms with Crippen LogP contribution in [0.4, 0.5) is 0 Å². The Bertz CT molecular complexity index is 136. The third kappa shape index (κ3) is 4.41. The maximum atomic E-state index is 10.4. The second-order valence-corrected chi connectivity index (χ2v) is 4.62. The second-order valence-electron chi connectivity index (χ2n) is 1.99. The molecule has 0 saturated carbocycles. The molecule has 0 aliphatic carbocycles.